The van der Waals surface area contributed by atoms with Crippen molar-refractivity contribution in [2.24, 2.45) is 0 Å². The van der Waals surface area contributed by atoms with Crippen molar-refractivity contribution in [3.05, 3.63) is 56.3 Å². The molecule has 0 spiro atoms. The Hall–Kier alpha value is -3.29. The lowest BCUT2D eigenvalue weighted by atomic mass is 10.00. The number of halogens is 1. The first-order valence-corrected chi connectivity index (χ1v) is 14.9. The molecular formula is C28H36BrN7O5. The number of amides is 2. The number of carbonyl (C=O) groups is 2. The number of likely N-dealkylation sites (tertiary alicyclic amines) is 2. The highest BCUT2D eigenvalue weighted by atomic mass is 79.9. The van der Waals surface area contributed by atoms with E-state index in [1.165, 1.54) is 6.07 Å². The number of rotatable bonds is 7. The van der Waals surface area contributed by atoms with Crippen LogP contribution < -0.4 is 10.6 Å². The van der Waals surface area contributed by atoms with Gasteiger partial charge in [0.25, 0.3) is 17.5 Å². The van der Waals surface area contributed by atoms with Crippen LogP contribution in [-0.4, -0.2) is 108 Å². The summed E-state index contributed by atoms with van der Waals surface area (Å²) < 4.78 is 5.95. The molecule has 12 nitrogen and oxygen atoms in total. The number of nitrogens with one attached hydrogen (secondary N) is 2. The molecule has 5 rings (SSSR count). The first kappa shape index (κ1) is 29.2. The first-order chi connectivity index (χ1) is 19.8. The fourth-order valence-corrected chi connectivity index (χ4v) is 6.41. The van der Waals surface area contributed by atoms with Gasteiger partial charge in [0.15, 0.2) is 0 Å². The summed E-state index contributed by atoms with van der Waals surface area (Å²) in [5.74, 6) is -0.373. The molecular weight excluding hydrogens is 594 g/mol. The standard InChI is InChI=1S/C28H36BrN7O5/c1-30-22-13-19(16-31-17-22)27(37)35-6-2-3-21(18-35)32-26-24(14-20(29)15-25(26)36(39)40)28(38)34-7-4-23(5-8-34)33-9-11-41-12-10-33/h13-17,21,23,30,32H,2-12,18H2,1H3/t21-/m1/s1. The molecule has 0 aliphatic carbocycles. The number of nitro benzene ring substituents is 1. The third-order valence-corrected chi connectivity index (χ3v) is 8.61. The molecule has 3 aliphatic rings. The van der Waals surface area contributed by atoms with Crippen LogP contribution in [-0.2, 0) is 4.74 Å². The summed E-state index contributed by atoms with van der Waals surface area (Å²) >= 11 is 3.38. The second-order valence-corrected chi connectivity index (χ2v) is 11.6. The average Bonchev–Trinajstić information content (AvgIpc) is 3.01. The number of pyridine rings is 1. The van der Waals surface area contributed by atoms with Gasteiger partial charge in [0, 0.05) is 81.3 Å². The summed E-state index contributed by atoms with van der Waals surface area (Å²) in [5, 5.41) is 18.4. The Morgan fingerprint density at radius 1 is 1.02 bits per heavy atom. The number of aromatic nitrogens is 1. The lowest BCUT2D eigenvalue weighted by Crippen LogP contribution is -2.50. The number of benzene rings is 1. The zero-order chi connectivity index (χ0) is 28.9. The monoisotopic (exact) mass is 629 g/mol. The van der Waals surface area contributed by atoms with E-state index in [0.29, 0.717) is 48.7 Å². The second-order valence-electron chi connectivity index (χ2n) is 10.7. The number of piperidine rings is 2. The highest BCUT2D eigenvalue weighted by molar-refractivity contribution is 9.10. The van der Waals surface area contributed by atoms with Gasteiger partial charge in [-0.1, -0.05) is 15.9 Å². The molecule has 2 amide bonds. The van der Waals surface area contributed by atoms with Crippen molar-refractivity contribution in [2.45, 2.75) is 37.8 Å². The van der Waals surface area contributed by atoms with Gasteiger partial charge in [0.2, 0.25) is 0 Å². The summed E-state index contributed by atoms with van der Waals surface area (Å²) in [6.07, 6.45) is 6.34. The molecule has 0 unspecified atom stereocenters. The normalized spacial score (nSPS) is 20.5. The Balaban J connectivity index is 1.33. The van der Waals surface area contributed by atoms with Crippen LogP contribution in [0.15, 0.2) is 35.1 Å². The summed E-state index contributed by atoms with van der Waals surface area (Å²) in [5.41, 5.74) is 1.52. The highest BCUT2D eigenvalue weighted by Crippen LogP contribution is 2.35. The Labute approximate surface area is 247 Å². The predicted octanol–water partition coefficient (Wildman–Crippen LogP) is 3.45. The third kappa shape index (κ3) is 6.79. The highest BCUT2D eigenvalue weighted by Gasteiger charge is 2.33. The number of morpholine rings is 1. The van der Waals surface area contributed by atoms with Gasteiger partial charge in [0.1, 0.15) is 5.69 Å². The molecule has 41 heavy (non-hydrogen) atoms. The lowest BCUT2D eigenvalue weighted by molar-refractivity contribution is -0.384. The molecule has 1 atom stereocenters. The third-order valence-electron chi connectivity index (χ3n) is 8.15. The van der Waals surface area contributed by atoms with Crippen LogP contribution in [0.4, 0.5) is 17.1 Å². The summed E-state index contributed by atoms with van der Waals surface area (Å²) in [6.45, 7) is 5.39. The van der Waals surface area contributed by atoms with Crippen LogP contribution in [0.1, 0.15) is 46.4 Å². The topological polar surface area (TPSA) is 133 Å². The maximum Gasteiger partial charge on any atom is 0.294 e. The Kier molecular flexibility index (Phi) is 9.35. The number of nitro groups is 1. The van der Waals surface area contributed by atoms with Crippen molar-refractivity contribution in [3.63, 3.8) is 0 Å². The van der Waals surface area contributed by atoms with Crippen molar-refractivity contribution >= 4 is 44.8 Å². The summed E-state index contributed by atoms with van der Waals surface area (Å²) in [4.78, 5) is 48.9. The van der Waals surface area contributed by atoms with Crippen molar-refractivity contribution in [2.75, 3.05) is 70.2 Å². The summed E-state index contributed by atoms with van der Waals surface area (Å²) in [6, 6.07) is 4.99. The number of hydrogen-bond donors (Lipinski definition) is 2. The number of ether oxygens (including phenoxy) is 1. The molecule has 3 fully saturated rings. The molecule has 4 heterocycles. The molecule has 1 aromatic carbocycles. The van der Waals surface area contributed by atoms with Crippen LogP contribution in [0.25, 0.3) is 0 Å². The molecule has 0 radical (unpaired) electrons. The van der Waals surface area contributed by atoms with E-state index in [2.05, 4.69) is 36.4 Å². The fraction of sp³-hybridized carbons (Fsp3) is 0.536. The van der Waals surface area contributed by atoms with Gasteiger partial charge < -0.3 is 25.2 Å². The van der Waals surface area contributed by atoms with Gasteiger partial charge in [-0.05, 0) is 37.8 Å². The second kappa shape index (κ2) is 13.1. The first-order valence-electron chi connectivity index (χ1n) is 14.1. The summed E-state index contributed by atoms with van der Waals surface area (Å²) in [7, 11) is 1.77. The Bertz CT molecular complexity index is 1280. The maximum atomic E-state index is 13.8. The van der Waals surface area contributed by atoms with Crippen LogP contribution in [0, 0.1) is 10.1 Å². The molecule has 1 aromatic heterocycles. The van der Waals surface area contributed by atoms with Gasteiger partial charge in [-0.15, -0.1) is 0 Å². The minimum Gasteiger partial charge on any atom is -0.387 e. The van der Waals surface area contributed by atoms with E-state index in [1.54, 1.807) is 41.4 Å². The van der Waals surface area contributed by atoms with Gasteiger partial charge in [0.05, 0.1) is 35.0 Å². The van der Waals surface area contributed by atoms with Crippen molar-refractivity contribution in [1.82, 2.24) is 19.7 Å². The molecule has 3 aliphatic heterocycles. The molecule has 3 saturated heterocycles. The zero-order valence-corrected chi connectivity index (χ0v) is 24.8. The predicted molar refractivity (Wildman–Crippen MR) is 158 cm³/mol. The van der Waals surface area contributed by atoms with Crippen molar-refractivity contribution < 1.29 is 19.2 Å². The molecule has 13 heteroatoms. The zero-order valence-electron chi connectivity index (χ0n) is 23.2. The van der Waals surface area contributed by atoms with E-state index < -0.39 is 4.92 Å². The number of hydrogen-bond acceptors (Lipinski definition) is 9. The molecule has 220 valence electrons. The number of carbonyl (C=O) groups excluding carboxylic acids is 2. The molecule has 0 bridgehead atoms. The number of anilines is 2. The van der Waals surface area contributed by atoms with E-state index in [4.69, 9.17) is 4.74 Å². The number of nitrogens with zero attached hydrogens (tertiary/aromatic N) is 5. The fourth-order valence-electron chi connectivity index (χ4n) is 5.96. The van der Waals surface area contributed by atoms with Crippen LogP contribution in [0.2, 0.25) is 0 Å². The van der Waals surface area contributed by atoms with E-state index in [0.717, 1.165) is 51.3 Å². The van der Waals surface area contributed by atoms with Crippen LogP contribution in [0.3, 0.4) is 0 Å². The van der Waals surface area contributed by atoms with Gasteiger partial charge in [-0.2, -0.15) is 0 Å². The molecule has 2 N–H and O–H groups in total. The Morgan fingerprint density at radius 3 is 2.49 bits per heavy atom. The van der Waals surface area contributed by atoms with E-state index in [9.17, 15) is 19.7 Å². The van der Waals surface area contributed by atoms with E-state index >= 15 is 0 Å². The maximum absolute atomic E-state index is 13.8. The Morgan fingerprint density at radius 2 is 1.78 bits per heavy atom. The lowest BCUT2D eigenvalue weighted by Gasteiger charge is -2.40. The smallest absolute Gasteiger partial charge is 0.294 e. The van der Waals surface area contributed by atoms with E-state index in [1.807, 2.05) is 0 Å². The minimum atomic E-state index is -0.463. The van der Waals surface area contributed by atoms with Gasteiger partial charge in [-0.3, -0.25) is 29.6 Å². The van der Waals surface area contributed by atoms with Crippen molar-refractivity contribution in [3.8, 4) is 0 Å². The molecule has 0 saturated carbocycles. The van der Waals surface area contributed by atoms with Gasteiger partial charge >= 0.3 is 0 Å². The van der Waals surface area contributed by atoms with E-state index in [-0.39, 0.29) is 34.8 Å². The quantitative estimate of drug-likeness (QED) is 0.349. The minimum absolute atomic E-state index is 0.147. The van der Waals surface area contributed by atoms with Crippen LogP contribution >= 0.6 is 15.9 Å². The van der Waals surface area contributed by atoms with Crippen LogP contribution in [0.5, 0.6) is 0 Å². The average molecular weight is 631 g/mol. The molecule has 2 aromatic rings. The van der Waals surface area contributed by atoms with Gasteiger partial charge in [-0.25, -0.2) is 0 Å². The SMILES string of the molecule is CNc1cncc(C(=O)N2CCC[C@@H](Nc3c(C(=O)N4CCC(N5CCOCC5)CC4)cc(Br)cc3[N+](=O)[O-])C2)c1. The largest absolute Gasteiger partial charge is 0.387 e. The van der Waals surface area contributed by atoms with Crippen molar-refractivity contribution in [1.29, 1.82) is 0 Å².